The van der Waals surface area contributed by atoms with Crippen molar-refractivity contribution in [3.63, 3.8) is 0 Å². The summed E-state index contributed by atoms with van der Waals surface area (Å²) in [6.45, 7) is 4.72. The van der Waals surface area contributed by atoms with Crippen LogP contribution in [0.25, 0.3) is 5.57 Å². The first-order chi connectivity index (χ1) is 9.26. The molecule has 2 nitrogen and oxygen atoms in total. The van der Waals surface area contributed by atoms with Crippen molar-refractivity contribution in [3.05, 3.63) is 27.5 Å². The number of nitrogens with one attached hydrogen (secondary N) is 1. The molecule has 0 spiro atoms. The largest absolute Gasteiger partial charge is 0.477 e. The van der Waals surface area contributed by atoms with E-state index in [1.807, 2.05) is 6.92 Å². The minimum atomic E-state index is 0.329. The molecule has 1 aromatic rings. The zero-order chi connectivity index (χ0) is 13.7. The molecule has 104 valence electrons. The van der Waals surface area contributed by atoms with Crippen LogP contribution in [0.4, 0.5) is 0 Å². The zero-order valence-corrected chi connectivity index (χ0v) is 12.7. The van der Waals surface area contributed by atoms with Crippen molar-refractivity contribution >= 4 is 22.8 Å². The molecule has 0 aliphatic heterocycles. The molecule has 3 heteroatoms. The third-order valence-electron chi connectivity index (χ3n) is 3.45. The second kappa shape index (κ2) is 6.90. The Labute approximate surface area is 120 Å². The van der Waals surface area contributed by atoms with E-state index < -0.39 is 0 Å². The first kappa shape index (κ1) is 14.3. The Kier molecular flexibility index (Phi) is 5.20. The van der Waals surface area contributed by atoms with Gasteiger partial charge in [0.25, 0.3) is 0 Å². The van der Waals surface area contributed by atoms with Crippen LogP contribution in [0.15, 0.2) is 12.1 Å². The maximum absolute atomic E-state index is 7.94. The van der Waals surface area contributed by atoms with Crippen LogP contribution in [0.1, 0.15) is 61.3 Å². The summed E-state index contributed by atoms with van der Waals surface area (Å²) in [5.74, 6) is 0.329. The Morgan fingerprint density at radius 2 is 2.16 bits per heavy atom. The molecular formula is C16H23NOS. The second-order valence-electron chi connectivity index (χ2n) is 4.93. The van der Waals surface area contributed by atoms with Crippen LogP contribution in [0.3, 0.4) is 0 Å². The number of rotatable bonds is 4. The molecule has 0 atom stereocenters. The predicted octanol–water partition coefficient (Wildman–Crippen LogP) is 5.02. The van der Waals surface area contributed by atoms with Gasteiger partial charge in [-0.2, -0.15) is 0 Å². The third-order valence-corrected chi connectivity index (χ3v) is 4.64. The lowest BCUT2D eigenvalue weighted by Gasteiger charge is -2.04. The van der Waals surface area contributed by atoms with Gasteiger partial charge in [-0.15, -0.1) is 11.3 Å². The van der Waals surface area contributed by atoms with E-state index in [1.165, 1.54) is 41.7 Å². The van der Waals surface area contributed by atoms with Crippen LogP contribution in [0.5, 0.6) is 0 Å². The van der Waals surface area contributed by atoms with Crippen LogP contribution in [0, 0.1) is 5.41 Å². The zero-order valence-electron chi connectivity index (χ0n) is 11.9. The molecule has 0 fully saturated rings. The quantitative estimate of drug-likeness (QED) is 0.468. The van der Waals surface area contributed by atoms with E-state index in [0.717, 1.165) is 17.7 Å². The molecule has 1 heterocycles. The van der Waals surface area contributed by atoms with E-state index in [2.05, 4.69) is 19.1 Å². The number of hydrogen-bond acceptors (Lipinski definition) is 3. The summed E-state index contributed by atoms with van der Waals surface area (Å²) in [5.41, 5.74) is 2.87. The number of aryl methyl sites for hydroxylation is 1. The van der Waals surface area contributed by atoms with Crippen LogP contribution in [-0.4, -0.2) is 12.5 Å². The number of fused-ring (bicyclic) bond motifs is 1. The number of unbranched alkanes of at least 4 members (excludes halogenated alkanes) is 1. The molecule has 0 saturated carbocycles. The monoisotopic (exact) mass is 277 g/mol. The fourth-order valence-electron chi connectivity index (χ4n) is 2.48. The van der Waals surface area contributed by atoms with Gasteiger partial charge >= 0.3 is 0 Å². The standard InChI is InChI=1S/C16H23NOS/c1-3-5-8-12-9-6-7-10-14-13(12)11-15(19-14)16(17)18-4-2/h8,11,17H,3-7,9-10H2,1-2H3. The lowest BCUT2D eigenvalue weighted by molar-refractivity contribution is 0.326. The summed E-state index contributed by atoms with van der Waals surface area (Å²) >= 11 is 1.74. The van der Waals surface area contributed by atoms with E-state index in [0.29, 0.717) is 12.5 Å². The molecular weight excluding hydrogens is 254 g/mol. The van der Waals surface area contributed by atoms with Gasteiger partial charge in [-0.1, -0.05) is 19.4 Å². The summed E-state index contributed by atoms with van der Waals surface area (Å²) in [5, 5.41) is 7.94. The third kappa shape index (κ3) is 3.47. The Hall–Kier alpha value is -1.09. The molecule has 0 aromatic carbocycles. The van der Waals surface area contributed by atoms with Crippen molar-refractivity contribution < 1.29 is 4.74 Å². The minimum absolute atomic E-state index is 0.329. The van der Waals surface area contributed by atoms with Crippen molar-refractivity contribution in [2.24, 2.45) is 0 Å². The molecule has 0 bridgehead atoms. The Bertz CT molecular complexity index is 473. The van der Waals surface area contributed by atoms with Crippen LogP contribution < -0.4 is 0 Å². The van der Waals surface area contributed by atoms with Crippen LogP contribution in [-0.2, 0) is 11.2 Å². The highest BCUT2D eigenvalue weighted by atomic mass is 32.1. The SMILES string of the molecule is CCCC=C1CCCCc2sc(C(=N)OCC)cc21. The van der Waals surface area contributed by atoms with Gasteiger partial charge in [0.1, 0.15) is 0 Å². The van der Waals surface area contributed by atoms with Gasteiger partial charge in [0, 0.05) is 4.88 Å². The average molecular weight is 277 g/mol. The molecule has 19 heavy (non-hydrogen) atoms. The highest BCUT2D eigenvalue weighted by Crippen LogP contribution is 2.36. The normalized spacial score (nSPS) is 17.1. The van der Waals surface area contributed by atoms with Crippen molar-refractivity contribution in [1.29, 1.82) is 5.41 Å². The minimum Gasteiger partial charge on any atom is -0.477 e. The van der Waals surface area contributed by atoms with Crippen molar-refractivity contribution in [1.82, 2.24) is 0 Å². The fourth-order valence-corrected chi connectivity index (χ4v) is 3.62. The van der Waals surface area contributed by atoms with Gasteiger partial charge in [-0.25, -0.2) is 0 Å². The van der Waals surface area contributed by atoms with Gasteiger partial charge in [0.2, 0.25) is 5.90 Å². The predicted molar refractivity (Wildman–Crippen MR) is 83.2 cm³/mol. The van der Waals surface area contributed by atoms with E-state index in [9.17, 15) is 0 Å². The smallest absolute Gasteiger partial charge is 0.223 e. The highest BCUT2D eigenvalue weighted by Gasteiger charge is 2.18. The van der Waals surface area contributed by atoms with E-state index >= 15 is 0 Å². The molecule has 2 rings (SSSR count). The lowest BCUT2D eigenvalue weighted by Crippen LogP contribution is -2.01. The Balaban J connectivity index is 2.29. The average Bonchev–Trinajstić information content (AvgIpc) is 2.74. The van der Waals surface area contributed by atoms with Crippen molar-refractivity contribution in [3.8, 4) is 0 Å². The summed E-state index contributed by atoms with van der Waals surface area (Å²) in [6, 6.07) is 2.17. The molecule has 0 amide bonds. The first-order valence-electron chi connectivity index (χ1n) is 7.30. The Morgan fingerprint density at radius 1 is 1.37 bits per heavy atom. The molecule has 1 N–H and O–H groups in total. The maximum Gasteiger partial charge on any atom is 0.223 e. The molecule has 1 aliphatic carbocycles. The van der Waals surface area contributed by atoms with Crippen LogP contribution >= 0.6 is 11.3 Å². The summed E-state index contributed by atoms with van der Waals surface area (Å²) in [4.78, 5) is 2.43. The fraction of sp³-hybridized carbons (Fsp3) is 0.562. The van der Waals surface area contributed by atoms with E-state index in [4.69, 9.17) is 10.1 Å². The van der Waals surface area contributed by atoms with Crippen molar-refractivity contribution in [2.45, 2.75) is 52.4 Å². The molecule has 0 saturated heterocycles. The molecule has 1 aliphatic rings. The van der Waals surface area contributed by atoms with E-state index in [1.54, 1.807) is 11.3 Å². The van der Waals surface area contributed by atoms with Gasteiger partial charge in [0.15, 0.2) is 0 Å². The van der Waals surface area contributed by atoms with Gasteiger partial charge in [0.05, 0.1) is 11.5 Å². The summed E-state index contributed by atoms with van der Waals surface area (Å²) in [7, 11) is 0. The lowest BCUT2D eigenvalue weighted by atomic mass is 10.0. The number of thiophene rings is 1. The van der Waals surface area contributed by atoms with Gasteiger partial charge < -0.3 is 4.74 Å². The number of hydrogen-bond donors (Lipinski definition) is 1. The molecule has 0 radical (unpaired) electrons. The van der Waals surface area contributed by atoms with Gasteiger partial charge in [-0.05, 0) is 56.2 Å². The Morgan fingerprint density at radius 3 is 2.89 bits per heavy atom. The number of allylic oxidation sites excluding steroid dienone is 2. The van der Waals surface area contributed by atoms with Gasteiger partial charge in [-0.3, -0.25) is 5.41 Å². The van der Waals surface area contributed by atoms with Crippen molar-refractivity contribution in [2.75, 3.05) is 6.61 Å². The highest BCUT2D eigenvalue weighted by molar-refractivity contribution is 7.14. The summed E-state index contributed by atoms with van der Waals surface area (Å²) < 4.78 is 5.33. The first-order valence-corrected chi connectivity index (χ1v) is 8.11. The molecule has 1 aromatic heterocycles. The topological polar surface area (TPSA) is 33.1 Å². The summed E-state index contributed by atoms with van der Waals surface area (Å²) in [6.07, 6.45) is 9.64. The number of ether oxygens (including phenoxy) is 1. The maximum atomic E-state index is 7.94. The van der Waals surface area contributed by atoms with Crippen LogP contribution in [0.2, 0.25) is 0 Å². The molecule has 0 unspecified atom stereocenters. The second-order valence-corrected chi connectivity index (χ2v) is 6.07. The van der Waals surface area contributed by atoms with E-state index in [-0.39, 0.29) is 0 Å².